The van der Waals surface area contributed by atoms with Gasteiger partial charge in [0.05, 0.1) is 0 Å². The molecule has 0 heterocycles. The number of halogens is 1. The van der Waals surface area contributed by atoms with Gasteiger partial charge >= 0.3 is 0 Å². The van der Waals surface area contributed by atoms with Crippen LogP contribution in [0, 0.1) is 5.41 Å². The van der Waals surface area contributed by atoms with E-state index < -0.39 is 0 Å². The zero-order valence-corrected chi connectivity index (χ0v) is 9.02. The third-order valence-electron chi connectivity index (χ3n) is 1.90. The molecule has 4 heteroatoms. The molecule has 0 rings (SSSR count). The Hall–Kier alpha value is -0.280. The predicted octanol–water partition coefficient (Wildman–Crippen LogP) is 1.14. The zero-order chi connectivity index (χ0) is 10.3. The van der Waals surface area contributed by atoms with Gasteiger partial charge in [0.15, 0.2) is 0 Å². The highest BCUT2D eigenvalue weighted by molar-refractivity contribution is 6.27. The van der Waals surface area contributed by atoms with E-state index in [1.54, 1.807) is 0 Å². The van der Waals surface area contributed by atoms with Crippen LogP contribution in [0.25, 0.3) is 0 Å². The van der Waals surface area contributed by atoms with Crippen LogP contribution in [0.2, 0.25) is 0 Å². The van der Waals surface area contributed by atoms with Gasteiger partial charge in [-0.05, 0) is 18.3 Å². The SMILES string of the molecule is CC(C)(CCCO)CNC(=O)CCl. The molecule has 0 saturated carbocycles. The summed E-state index contributed by atoms with van der Waals surface area (Å²) in [6.07, 6.45) is 1.66. The van der Waals surface area contributed by atoms with Crippen molar-refractivity contribution in [2.45, 2.75) is 26.7 Å². The average molecular weight is 208 g/mol. The molecule has 1 amide bonds. The molecule has 0 fully saturated rings. The molecule has 78 valence electrons. The van der Waals surface area contributed by atoms with E-state index in [1.807, 2.05) is 0 Å². The lowest BCUT2D eigenvalue weighted by molar-refractivity contribution is -0.119. The minimum absolute atomic E-state index is 0.0100. The largest absolute Gasteiger partial charge is 0.396 e. The molecule has 0 radical (unpaired) electrons. The van der Waals surface area contributed by atoms with Crippen LogP contribution >= 0.6 is 11.6 Å². The summed E-state index contributed by atoms with van der Waals surface area (Å²) in [5.74, 6) is -0.130. The Kier molecular flexibility index (Phi) is 6.08. The molecule has 13 heavy (non-hydrogen) atoms. The molecular formula is C9H18ClNO2. The first-order valence-corrected chi connectivity index (χ1v) is 4.99. The first-order chi connectivity index (χ1) is 6.02. The van der Waals surface area contributed by atoms with Gasteiger partial charge in [-0.1, -0.05) is 13.8 Å². The van der Waals surface area contributed by atoms with Gasteiger partial charge in [-0.2, -0.15) is 0 Å². The van der Waals surface area contributed by atoms with Gasteiger partial charge in [0, 0.05) is 13.2 Å². The van der Waals surface area contributed by atoms with Crippen molar-refractivity contribution in [2.24, 2.45) is 5.41 Å². The van der Waals surface area contributed by atoms with Crippen molar-refractivity contribution in [3.8, 4) is 0 Å². The van der Waals surface area contributed by atoms with Crippen LogP contribution in [0.15, 0.2) is 0 Å². The number of carbonyl (C=O) groups is 1. The van der Waals surface area contributed by atoms with Crippen molar-refractivity contribution in [1.82, 2.24) is 5.32 Å². The van der Waals surface area contributed by atoms with Crippen LogP contribution < -0.4 is 5.32 Å². The summed E-state index contributed by atoms with van der Waals surface area (Å²) in [6.45, 7) is 4.92. The molecule has 3 nitrogen and oxygen atoms in total. The third-order valence-corrected chi connectivity index (χ3v) is 2.14. The molecule has 0 spiro atoms. The van der Waals surface area contributed by atoms with Crippen molar-refractivity contribution in [3.63, 3.8) is 0 Å². The molecule has 0 aliphatic carbocycles. The van der Waals surface area contributed by atoms with E-state index in [2.05, 4.69) is 19.2 Å². The van der Waals surface area contributed by atoms with Crippen LogP contribution in [0.1, 0.15) is 26.7 Å². The summed E-state index contributed by atoms with van der Waals surface area (Å²) < 4.78 is 0. The molecule has 0 bridgehead atoms. The fourth-order valence-corrected chi connectivity index (χ4v) is 1.13. The minimum Gasteiger partial charge on any atom is -0.396 e. The number of carbonyl (C=O) groups excluding carboxylic acids is 1. The molecule has 2 N–H and O–H groups in total. The highest BCUT2D eigenvalue weighted by Crippen LogP contribution is 2.20. The average Bonchev–Trinajstić information content (AvgIpc) is 2.11. The topological polar surface area (TPSA) is 49.3 Å². The van der Waals surface area contributed by atoms with Crippen LogP contribution in [0.4, 0.5) is 0 Å². The number of aliphatic hydroxyl groups is 1. The van der Waals surface area contributed by atoms with Crippen LogP contribution in [0.3, 0.4) is 0 Å². The van der Waals surface area contributed by atoms with Gasteiger partial charge in [-0.15, -0.1) is 11.6 Å². The van der Waals surface area contributed by atoms with Gasteiger partial charge in [0.2, 0.25) is 5.91 Å². The fraction of sp³-hybridized carbons (Fsp3) is 0.889. The molecule has 0 aromatic carbocycles. The number of nitrogens with one attached hydrogen (secondary N) is 1. The van der Waals surface area contributed by atoms with E-state index in [-0.39, 0.29) is 23.8 Å². The maximum atomic E-state index is 10.8. The lowest BCUT2D eigenvalue weighted by Gasteiger charge is -2.24. The molecule has 0 atom stereocenters. The second-order valence-electron chi connectivity index (χ2n) is 3.90. The monoisotopic (exact) mass is 207 g/mol. The number of hydrogen-bond donors (Lipinski definition) is 2. The van der Waals surface area contributed by atoms with Crippen molar-refractivity contribution in [2.75, 3.05) is 19.0 Å². The highest BCUT2D eigenvalue weighted by Gasteiger charge is 2.17. The quantitative estimate of drug-likeness (QED) is 0.642. The summed E-state index contributed by atoms with van der Waals surface area (Å²) >= 11 is 5.33. The Labute approximate surface area is 84.5 Å². The molecule has 0 aromatic heterocycles. The van der Waals surface area contributed by atoms with Gasteiger partial charge in [-0.3, -0.25) is 4.79 Å². The second kappa shape index (κ2) is 6.22. The van der Waals surface area contributed by atoms with Gasteiger partial charge in [0.25, 0.3) is 0 Å². The fourth-order valence-electron chi connectivity index (χ4n) is 1.03. The Morgan fingerprint density at radius 1 is 1.54 bits per heavy atom. The Morgan fingerprint density at radius 2 is 2.15 bits per heavy atom. The Bertz CT molecular complexity index is 160. The first kappa shape index (κ1) is 12.7. The molecule has 0 unspecified atom stereocenters. The molecule has 0 aromatic rings. The third kappa shape index (κ3) is 6.84. The van der Waals surface area contributed by atoms with E-state index in [0.29, 0.717) is 6.54 Å². The standard InChI is InChI=1S/C9H18ClNO2/c1-9(2,4-3-5-12)7-11-8(13)6-10/h12H,3-7H2,1-2H3,(H,11,13). The number of amides is 1. The summed E-state index contributed by atoms with van der Waals surface area (Å²) in [5.41, 5.74) is 0.0322. The summed E-state index contributed by atoms with van der Waals surface area (Å²) in [5, 5.41) is 11.4. The number of alkyl halides is 1. The highest BCUT2D eigenvalue weighted by atomic mass is 35.5. The summed E-state index contributed by atoms with van der Waals surface area (Å²) in [6, 6.07) is 0. The normalized spacial score (nSPS) is 11.4. The Balaban J connectivity index is 3.67. The van der Waals surface area contributed by atoms with Crippen LogP contribution in [0.5, 0.6) is 0 Å². The minimum atomic E-state index is -0.140. The summed E-state index contributed by atoms with van der Waals surface area (Å²) in [7, 11) is 0. The maximum Gasteiger partial charge on any atom is 0.234 e. The predicted molar refractivity (Wildman–Crippen MR) is 53.8 cm³/mol. The number of hydrogen-bond acceptors (Lipinski definition) is 2. The lowest BCUT2D eigenvalue weighted by atomic mass is 9.88. The van der Waals surface area contributed by atoms with E-state index in [0.717, 1.165) is 12.8 Å². The Morgan fingerprint density at radius 3 is 2.62 bits per heavy atom. The second-order valence-corrected chi connectivity index (χ2v) is 4.17. The van der Waals surface area contributed by atoms with Gasteiger partial charge in [0.1, 0.15) is 5.88 Å². The van der Waals surface area contributed by atoms with Crippen molar-refractivity contribution >= 4 is 17.5 Å². The van der Waals surface area contributed by atoms with E-state index in [9.17, 15) is 4.79 Å². The van der Waals surface area contributed by atoms with E-state index in [4.69, 9.17) is 16.7 Å². The van der Waals surface area contributed by atoms with Crippen LogP contribution in [-0.4, -0.2) is 30.0 Å². The van der Waals surface area contributed by atoms with Crippen molar-refractivity contribution < 1.29 is 9.90 Å². The molecule has 0 aliphatic heterocycles. The van der Waals surface area contributed by atoms with Crippen molar-refractivity contribution in [1.29, 1.82) is 0 Å². The van der Waals surface area contributed by atoms with Crippen LogP contribution in [-0.2, 0) is 4.79 Å². The first-order valence-electron chi connectivity index (χ1n) is 4.45. The molecule has 0 aliphatic rings. The molecular weight excluding hydrogens is 190 g/mol. The maximum absolute atomic E-state index is 10.8. The van der Waals surface area contributed by atoms with Crippen molar-refractivity contribution in [3.05, 3.63) is 0 Å². The lowest BCUT2D eigenvalue weighted by Crippen LogP contribution is -2.34. The van der Waals surface area contributed by atoms with Gasteiger partial charge in [-0.25, -0.2) is 0 Å². The van der Waals surface area contributed by atoms with E-state index in [1.165, 1.54) is 0 Å². The zero-order valence-electron chi connectivity index (χ0n) is 8.27. The van der Waals surface area contributed by atoms with E-state index >= 15 is 0 Å². The number of rotatable bonds is 6. The van der Waals surface area contributed by atoms with Gasteiger partial charge < -0.3 is 10.4 Å². The summed E-state index contributed by atoms with van der Waals surface area (Å²) in [4.78, 5) is 10.8. The number of aliphatic hydroxyl groups excluding tert-OH is 1. The smallest absolute Gasteiger partial charge is 0.234 e. The molecule has 0 saturated heterocycles.